The predicted octanol–water partition coefficient (Wildman–Crippen LogP) is 3.10. The molecule has 152 valence electrons. The number of benzene rings is 2. The van der Waals surface area contributed by atoms with Crippen LogP contribution in [0.15, 0.2) is 48.7 Å². The van der Waals surface area contributed by atoms with Gasteiger partial charge in [0.05, 0.1) is 13.5 Å². The van der Waals surface area contributed by atoms with Crippen LogP contribution in [0.2, 0.25) is 0 Å². The van der Waals surface area contributed by atoms with E-state index in [0.29, 0.717) is 24.4 Å². The highest BCUT2D eigenvalue weighted by atomic mass is 16.5. The van der Waals surface area contributed by atoms with Crippen molar-refractivity contribution in [1.82, 2.24) is 10.3 Å². The smallest absolute Gasteiger partial charge is 0.321 e. The number of aliphatic carboxylic acids is 1. The lowest BCUT2D eigenvalue weighted by atomic mass is 10.1. The molecule has 0 aliphatic heterocycles. The summed E-state index contributed by atoms with van der Waals surface area (Å²) in [6.07, 6.45) is 2.44. The lowest BCUT2D eigenvalue weighted by Crippen LogP contribution is -2.40. The predicted molar refractivity (Wildman–Crippen MR) is 112 cm³/mol. The summed E-state index contributed by atoms with van der Waals surface area (Å²) in [6.45, 7) is 2.49. The van der Waals surface area contributed by atoms with E-state index < -0.39 is 12.0 Å². The number of anilines is 1. The lowest BCUT2D eigenvalue weighted by molar-refractivity contribution is -0.141. The summed E-state index contributed by atoms with van der Waals surface area (Å²) in [5.74, 6) is -0.733. The van der Waals surface area contributed by atoms with Gasteiger partial charge in [-0.1, -0.05) is 11.6 Å². The van der Waals surface area contributed by atoms with E-state index in [9.17, 15) is 14.7 Å². The van der Waals surface area contributed by atoms with Gasteiger partial charge in [-0.15, -0.1) is 0 Å². The van der Waals surface area contributed by atoms with E-state index in [1.54, 1.807) is 31.4 Å². The first-order chi connectivity index (χ1) is 14.0. The SMILES string of the molecule is COc1ccc(NC(=O)CC(NCCc2c[nH]c3ccc(C)cc23)C(=O)O)cc1. The number of methoxy groups -OCH3 is 1. The van der Waals surface area contributed by atoms with Gasteiger partial charge in [-0.05, 0) is 55.3 Å². The number of hydrogen-bond donors (Lipinski definition) is 4. The van der Waals surface area contributed by atoms with Gasteiger partial charge in [0.2, 0.25) is 5.91 Å². The zero-order valence-electron chi connectivity index (χ0n) is 16.5. The van der Waals surface area contributed by atoms with Crippen molar-refractivity contribution < 1.29 is 19.4 Å². The first-order valence-electron chi connectivity index (χ1n) is 9.43. The molecule has 0 bridgehead atoms. The molecule has 7 heteroatoms. The van der Waals surface area contributed by atoms with Crippen LogP contribution in [0.3, 0.4) is 0 Å². The van der Waals surface area contributed by atoms with Gasteiger partial charge in [-0.2, -0.15) is 0 Å². The molecule has 0 saturated carbocycles. The molecule has 3 aromatic rings. The number of aromatic amines is 1. The van der Waals surface area contributed by atoms with Crippen molar-refractivity contribution in [2.24, 2.45) is 0 Å². The molecule has 2 aromatic carbocycles. The van der Waals surface area contributed by atoms with E-state index >= 15 is 0 Å². The molecule has 7 nitrogen and oxygen atoms in total. The number of aromatic nitrogens is 1. The molecule has 0 aliphatic rings. The zero-order valence-corrected chi connectivity index (χ0v) is 16.5. The van der Waals surface area contributed by atoms with E-state index in [1.165, 1.54) is 5.56 Å². The number of amides is 1. The van der Waals surface area contributed by atoms with Crippen LogP contribution < -0.4 is 15.4 Å². The highest BCUT2D eigenvalue weighted by Gasteiger charge is 2.20. The Morgan fingerprint density at radius 3 is 2.62 bits per heavy atom. The van der Waals surface area contributed by atoms with Crippen LogP contribution in [0.25, 0.3) is 10.9 Å². The summed E-state index contributed by atoms with van der Waals surface area (Å²) in [7, 11) is 1.56. The van der Waals surface area contributed by atoms with Crippen LogP contribution >= 0.6 is 0 Å². The first kappa shape index (κ1) is 20.4. The molecule has 4 N–H and O–H groups in total. The van der Waals surface area contributed by atoms with Gasteiger partial charge in [-0.25, -0.2) is 0 Å². The number of carboxylic acid groups (broad SMARTS) is 1. The highest BCUT2D eigenvalue weighted by molar-refractivity contribution is 5.94. The number of carbonyl (C=O) groups is 2. The van der Waals surface area contributed by atoms with Gasteiger partial charge in [-0.3, -0.25) is 9.59 Å². The Hall–Kier alpha value is -3.32. The van der Waals surface area contributed by atoms with Crippen LogP contribution in [0.4, 0.5) is 5.69 Å². The Morgan fingerprint density at radius 2 is 1.93 bits per heavy atom. The quantitative estimate of drug-likeness (QED) is 0.446. The summed E-state index contributed by atoms with van der Waals surface area (Å²) < 4.78 is 5.08. The van der Waals surface area contributed by atoms with Crippen LogP contribution in [-0.2, 0) is 16.0 Å². The van der Waals surface area contributed by atoms with Gasteiger partial charge < -0.3 is 25.5 Å². The second-order valence-electron chi connectivity index (χ2n) is 6.94. The number of hydrogen-bond acceptors (Lipinski definition) is 4. The van der Waals surface area contributed by atoms with E-state index in [1.807, 2.05) is 25.3 Å². The molecule has 0 fully saturated rings. The number of fused-ring (bicyclic) bond motifs is 1. The average molecular weight is 395 g/mol. The molecule has 1 aromatic heterocycles. The Balaban J connectivity index is 1.54. The molecule has 1 atom stereocenters. The molecule has 0 spiro atoms. The molecule has 3 rings (SSSR count). The highest BCUT2D eigenvalue weighted by Crippen LogP contribution is 2.20. The normalized spacial score (nSPS) is 11.9. The molecule has 0 aliphatic carbocycles. The van der Waals surface area contributed by atoms with Gasteiger partial charge in [0.1, 0.15) is 11.8 Å². The topological polar surface area (TPSA) is 103 Å². The maximum absolute atomic E-state index is 12.2. The first-order valence-corrected chi connectivity index (χ1v) is 9.43. The third kappa shape index (κ3) is 5.36. The van der Waals surface area contributed by atoms with Crippen molar-refractivity contribution in [3.8, 4) is 5.75 Å². The lowest BCUT2D eigenvalue weighted by Gasteiger charge is -2.14. The van der Waals surface area contributed by atoms with E-state index in [2.05, 4.69) is 21.7 Å². The number of aryl methyl sites for hydroxylation is 1. The number of carbonyl (C=O) groups excluding carboxylic acids is 1. The molecular weight excluding hydrogens is 370 g/mol. The standard InChI is InChI=1S/C22H25N3O4/c1-14-3-8-19-18(11-14)15(13-24-19)9-10-23-20(22(27)28)12-21(26)25-16-4-6-17(29-2)7-5-16/h3-8,11,13,20,23-24H,9-10,12H2,1-2H3,(H,25,26)(H,27,28). The van der Waals surface area contributed by atoms with Gasteiger partial charge in [0.25, 0.3) is 0 Å². The number of H-pyrrole nitrogens is 1. The van der Waals surface area contributed by atoms with Crippen LogP contribution in [-0.4, -0.2) is 41.7 Å². The minimum Gasteiger partial charge on any atom is -0.497 e. The van der Waals surface area contributed by atoms with Crippen LogP contribution in [0.5, 0.6) is 5.75 Å². The monoisotopic (exact) mass is 395 g/mol. The van der Waals surface area contributed by atoms with Crippen molar-refractivity contribution >= 4 is 28.5 Å². The van der Waals surface area contributed by atoms with Crippen LogP contribution in [0.1, 0.15) is 17.5 Å². The minimum atomic E-state index is -1.05. The number of nitrogens with one attached hydrogen (secondary N) is 3. The maximum atomic E-state index is 12.2. The summed E-state index contributed by atoms with van der Waals surface area (Å²) >= 11 is 0. The second-order valence-corrected chi connectivity index (χ2v) is 6.94. The van der Waals surface area contributed by atoms with Crippen molar-refractivity contribution in [3.63, 3.8) is 0 Å². The van der Waals surface area contributed by atoms with Crippen molar-refractivity contribution in [2.75, 3.05) is 19.0 Å². The van der Waals surface area contributed by atoms with E-state index in [-0.39, 0.29) is 12.3 Å². The number of rotatable bonds is 9. The minimum absolute atomic E-state index is 0.158. The van der Waals surface area contributed by atoms with Crippen molar-refractivity contribution in [1.29, 1.82) is 0 Å². The fourth-order valence-corrected chi connectivity index (χ4v) is 3.20. The molecule has 29 heavy (non-hydrogen) atoms. The third-order valence-electron chi connectivity index (χ3n) is 4.77. The van der Waals surface area contributed by atoms with Gasteiger partial charge in [0.15, 0.2) is 0 Å². The molecule has 1 heterocycles. The van der Waals surface area contributed by atoms with E-state index in [4.69, 9.17) is 4.74 Å². The Morgan fingerprint density at radius 1 is 1.17 bits per heavy atom. The Kier molecular flexibility index (Phi) is 6.51. The third-order valence-corrected chi connectivity index (χ3v) is 4.77. The molecular formula is C22H25N3O4. The van der Waals surface area contributed by atoms with Gasteiger partial charge >= 0.3 is 5.97 Å². The molecule has 1 amide bonds. The summed E-state index contributed by atoms with van der Waals surface area (Å²) in [4.78, 5) is 27.0. The maximum Gasteiger partial charge on any atom is 0.321 e. The largest absolute Gasteiger partial charge is 0.497 e. The fourth-order valence-electron chi connectivity index (χ4n) is 3.20. The Bertz CT molecular complexity index is 995. The summed E-state index contributed by atoms with van der Waals surface area (Å²) in [5, 5.41) is 16.3. The summed E-state index contributed by atoms with van der Waals surface area (Å²) in [5.41, 5.74) is 3.93. The number of carboxylic acids is 1. The zero-order chi connectivity index (χ0) is 20.8. The molecule has 0 radical (unpaired) electrons. The molecule has 0 saturated heterocycles. The van der Waals surface area contributed by atoms with Crippen molar-refractivity contribution in [2.45, 2.75) is 25.8 Å². The van der Waals surface area contributed by atoms with E-state index in [0.717, 1.165) is 16.5 Å². The second kappa shape index (κ2) is 9.25. The fraction of sp³-hybridized carbons (Fsp3) is 0.273. The van der Waals surface area contributed by atoms with Crippen molar-refractivity contribution in [3.05, 3.63) is 59.8 Å². The molecule has 1 unspecified atom stereocenters. The number of ether oxygens (including phenoxy) is 1. The van der Waals surface area contributed by atoms with Crippen LogP contribution in [0, 0.1) is 6.92 Å². The van der Waals surface area contributed by atoms with Gasteiger partial charge in [0, 0.05) is 29.3 Å². The summed E-state index contributed by atoms with van der Waals surface area (Å²) in [6, 6.07) is 12.1. The Labute approximate surface area is 169 Å². The average Bonchev–Trinajstić information content (AvgIpc) is 3.09.